The lowest BCUT2D eigenvalue weighted by Gasteiger charge is -2.42. The second kappa shape index (κ2) is 10.0. The van der Waals surface area contributed by atoms with Crippen LogP contribution in [0.15, 0.2) is 12.7 Å². The van der Waals surface area contributed by atoms with Gasteiger partial charge in [0.25, 0.3) is 0 Å². The first-order chi connectivity index (χ1) is 11.1. The predicted octanol–water partition coefficient (Wildman–Crippen LogP) is 6.81. The summed E-state index contributed by atoms with van der Waals surface area (Å²) >= 11 is 0. The third kappa shape index (κ3) is 5.05. The molecule has 0 aliphatic heterocycles. The summed E-state index contributed by atoms with van der Waals surface area (Å²) in [5, 5.41) is 0. The number of rotatable bonds is 3. The maximum Gasteiger partial charge on any atom is 0.134 e. The average Bonchev–Trinajstić information content (AvgIpc) is 2.60. The van der Waals surface area contributed by atoms with E-state index in [0.717, 1.165) is 43.4 Å². The zero-order chi connectivity index (χ0) is 16.4. The molecular weight excluding hydrogens is 318 g/mol. The summed E-state index contributed by atoms with van der Waals surface area (Å²) < 4.78 is 28.5. The van der Waals surface area contributed by atoms with Crippen molar-refractivity contribution in [3.63, 3.8) is 0 Å². The van der Waals surface area contributed by atoms with Crippen molar-refractivity contribution in [1.29, 1.82) is 0 Å². The van der Waals surface area contributed by atoms with Gasteiger partial charge in [-0.15, -0.1) is 6.58 Å². The Hall–Kier alpha value is -0.440. The number of halogens is 2. The molecule has 3 saturated carbocycles. The van der Waals surface area contributed by atoms with Gasteiger partial charge < -0.3 is 5.48 Å². The van der Waals surface area contributed by atoms with Crippen molar-refractivity contribution >= 4 is 0 Å². The van der Waals surface area contributed by atoms with Crippen LogP contribution in [0, 0.1) is 35.5 Å². The van der Waals surface area contributed by atoms with E-state index < -0.39 is 12.3 Å². The quantitative estimate of drug-likeness (QED) is 0.494. The fraction of sp³-hybridized carbons (Fsp3) is 0.909. The van der Waals surface area contributed by atoms with Gasteiger partial charge in [0.05, 0.1) is 0 Å². The summed E-state index contributed by atoms with van der Waals surface area (Å²) in [6, 6.07) is 0. The molecule has 152 valence electrons. The highest BCUT2D eigenvalue weighted by atomic mass is 19.2. The molecule has 2 N–H and O–H groups in total. The van der Waals surface area contributed by atoms with E-state index in [1.165, 1.54) is 38.5 Å². The lowest BCUT2D eigenvalue weighted by molar-refractivity contribution is -0.00986. The zero-order valence-corrected chi connectivity index (χ0v) is 15.2. The topological polar surface area (TPSA) is 31.5 Å². The Balaban J connectivity index is 0. The summed E-state index contributed by atoms with van der Waals surface area (Å²) in [5.74, 6) is 2.82. The van der Waals surface area contributed by atoms with Crippen LogP contribution in [0.1, 0.15) is 81.4 Å². The number of hydrogen-bond acceptors (Lipinski definition) is 0. The molecular formula is C22H44F2O. The monoisotopic (exact) mass is 362 g/mol. The molecule has 0 amide bonds. The van der Waals surface area contributed by atoms with E-state index in [0.29, 0.717) is 5.92 Å². The van der Waals surface area contributed by atoms with Gasteiger partial charge in [-0.2, -0.15) is 0 Å². The van der Waals surface area contributed by atoms with Crippen LogP contribution < -0.4 is 0 Å². The van der Waals surface area contributed by atoms with Crippen molar-refractivity contribution in [2.45, 2.75) is 90.9 Å². The number of alkyl halides is 2. The molecule has 4 atom stereocenters. The smallest absolute Gasteiger partial charge is 0.134 e. The lowest BCUT2D eigenvalue weighted by Crippen LogP contribution is -2.41. The molecule has 4 unspecified atom stereocenters. The standard InChI is InChI=1S/C21H34F2.CH4.H2O.2H2/c1-3-15-5-7-16(8-6-15)17-9-11-18(12-10-17)19-13-4-14(2)20(22)21(19)23;;;;/h3,14-21H,1,4-13H2,2H3;1H4;1H2;2*1H. The average molecular weight is 363 g/mol. The molecule has 1 nitrogen and oxygen atoms in total. The van der Waals surface area contributed by atoms with Crippen molar-refractivity contribution in [2.24, 2.45) is 35.5 Å². The van der Waals surface area contributed by atoms with Gasteiger partial charge in [0.1, 0.15) is 12.3 Å². The molecule has 0 saturated heterocycles. The van der Waals surface area contributed by atoms with Crippen LogP contribution in [0.2, 0.25) is 0 Å². The molecule has 0 bridgehead atoms. The van der Waals surface area contributed by atoms with Crippen molar-refractivity contribution in [3.8, 4) is 0 Å². The third-order valence-corrected chi connectivity index (χ3v) is 7.45. The second-order valence-corrected chi connectivity index (χ2v) is 8.69. The van der Waals surface area contributed by atoms with Crippen LogP contribution in [0.25, 0.3) is 0 Å². The van der Waals surface area contributed by atoms with E-state index in [4.69, 9.17) is 0 Å². The molecule has 0 aromatic rings. The highest BCUT2D eigenvalue weighted by molar-refractivity contribution is 4.93. The first-order valence-electron chi connectivity index (χ1n) is 10.0. The minimum Gasteiger partial charge on any atom is -0.412 e. The van der Waals surface area contributed by atoms with Gasteiger partial charge in [0.2, 0.25) is 0 Å². The number of allylic oxidation sites excluding steroid dienone is 1. The van der Waals surface area contributed by atoms with Gasteiger partial charge >= 0.3 is 0 Å². The molecule has 25 heavy (non-hydrogen) atoms. The van der Waals surface area contributed by atoms with Gasteiger partial charge in [-0.3, -0.25) is 0 Å². The Morgan fingerprint density at radius 1 is 0.760 bits per heavy atom. The SMILES string of the molecule is C.C=CC1CCC(C2CCC(C3CCC(C)C(F)C3F)CC2)CC1.O.[HH].[HH]. The van der Waals surface area contributed by atoms with E-state index in [1.54, 1.807) is 0 Å². The summed E-state index contributed by atoms with van der Waals surface area (Å²) in [6.45, 7) is 5.80. The summed E-state index contributed by atoms with van der Waals surface area (Å²) in [7, 11) is 0. The van der Waals surface area contributed by atoms with Gasteiger partial charge in [-0.1, -0.05) is 20.4 Å². The predicted molar refractivity (Wildman–Crippen MR) is 107 cm³/mol. The molecule has 0 aromatic heterocycles. The van der Waals surface area contributed by atoms with Gasteiger partial charge in [-0.25, -0.2) is 8.78 Å². The fourth-order valence-corrected chi connectivity index (χ4v) is 5.72. The Kier molecular flexibility index (Phi) is 9.08. The molecule has 3 heteroatoms. The minimum atomic E-state index is -1.22. The lowest BCUT2D eigenvalue weighted by atomic mass is 9.64. The molecule has 0 heterocycles. The normalized spacial score (nSPS) is 44.9. The van der Waals surface area contributed by atoms with Gasteiger partial charge in [0.15, 0.2) is 0 Å². The largest absolute Gasteiger partial charge is 0.412 e. The first kappa shape index (κ1) is 22.6. The van der Waals surface area contributed by atoms with Crippen molar-refractivity contribution < 1.29 is 17.1 Å². The maximum absolute atomic E-state index is 14.4. The Morgan fingerprint density at radius 3 is 1.76 bits per heavy atom. The maximum atomic E-state index is 14.4. The Bertz CT molecular complexity index is 394. The molecule has 3 fully saturated rings. The van der Waals surface area contributed by atoms with Crippen LogP contribution in [0.3, 0.4) is 0 Å². The molecule has 3 aliphatic carbocycles. The van der Waals surface area contributed by atoms with Gasteiger partial charge in [-0.05, 0) is 99.7 Å². The van der Waals surface area contributed by atoms with Crippen LogP contribution in [0.5, 0.6) is 0 Å². The van der Waals surface area contributed by atoms with Crippen molar-refractivity contribution in [3.05, 3.63) is 12.7 Å². The fourth-order valence-electron chi connectivity index (χ4n) is 5.72. The molecule has 0 spiro atoms. The Labute approximate surface area is 156 Å². The minimum absolute atomic E-state index is 0. The van der Waals surface area contributed by atoms with E-state index >= 15 is 0 Å². The zero-order valence-electron chi connectivity index (χ0n) is 15.2. The third-order valence-electron chi connectivity index (χ3n) is 7.45. The van der Waals surface area contributed by atoms with E-state index in [-0.39, 0.29) is 27.6 Å². The van der Waals surface area contributed by atoms with Gasteiger partial charge in [0, 0.05) is 2.85 Å². The van der Waals surface area contributed by atoms with Crippen LogP contribution in [0.4, 0.5) is 8.78 Å². The molecule has 3 aliphatic rings. The summed E-state index contributed by atoms with van der Waals surface area (Å²) in [6.07, 6.45) is 11.6. The number of hydrogen-bond donors (Lipinski definition) is 0. The molecule has 0 aromatic carbocycles. The molecule has 0 radical (unpaired) electrons. The van der Waals surface area contributed by atoms with E-state index in [2.05, 4.69) is 12.7 Å². The van der Waals surface area contributed by atoms with E-state index in [1.807, 2.05) is 6.92 Å². The van der Waals surface area contributed by atoms with E-state index in [9.17, 15) is 8.78 Å². The molecule has 3 rings (SSSR count). The highest BCUT2D eigenvalue weighted by Crippen LogP contribution is 2.47. The van der Waals surface area contributed by atoms with Crippen molar-refractivity contribution in [1.82, 2.24) is 0 Å². The summed E-state index contributed by atoms with van der Waals surface area (Å²) in [4.78, 5) is 0. The summed E-state index contributed by atoms with van der Waals surface area (Å²) in [5.41, 5.74) is 0. The first-order valence-corrected chi connectivity index (χ1v) is 10.0. The van der Waals surface area contributed by atoms with Crippen LogP contribution in [-0.2, 0) is 0 Å². The van der Waals surface area contributed by atoms with Crippen molar-refractivity contribution in [2.75, 3.05) is 0 Å². The second-order valence-electron chi connectivity index (χ2n) is 8.69. The Morgan fingerprint density at radius 2 is 1.24 bits per heavy atom. The van der Waals surface area contributed by atoms with Crippen LogP contribution in [-0.4, -0.2) is 17.8 Å². The highest BCUT2D eigenvalue weighted by Gasteiger charge is 2.43. The van der Waals surface area contributed by atoms with Crippen LogP contribution >= 0.6 is 0 Å².